The molecule has 2 aromatic rings. The second-order valence-corrected chi connectivity index (χ2v) is 33.3. The number of carbonyl (C=O) groups excluding carboxylic acids is 5. The summed E-state index contributed by atoms with van der Waals surface area (Å²) < 4.78 is 53.5. The number of phenols is 2. The summed E-state index contributed by atoms with van der Waals surface area (Å²) in [4.78, 5) is 89.8. The quantitative estimate of drug-likeness (QED) is 0.0984. The molecule has 2 spiro atoms. The molecule has 4 saturated heterocycles. The van der Waals surface area contributed by atoms with Crippen LogP contribution in [0.5, 0.6) is 34.5 Å². The van der Waals surface area contributed by atoms with Crippen LogP contribution in [0.1, 0.15) is 205 Å². The molecule has 0 aromatic heterocycles. The number of Topliss-reactive ketones (excluding diaryl/α,β-unsaturated/α-hetero) is 4. The van der Waals surface area contributed by atoms with E-state index in [1.807, 2.05) is 106 Å². The number of ketones is 4. The van der Waals surface area contributed by atoms with E-state index in [0.29, 0.717) is 136 Å². The summed E-state index contributed by atoms with van der Waals surface area (Å²) >= 11 is 0. The van der Waals surface area contributed by atoms with Crippen molar-refractivity contribution >= 4 is 47.2 Å². The van der Waals surface area contributed by atoms with Gasteiger partial charge in [-0.15, -0.1) is 0 Å². The third-order valence-corrected chi connectivity index (χ3v) is 24.3. The number of hydrogen-bond acceptors (Lipinski definition) is 17. The van der Waals surface area contributed by atoms with Crippen LogP contribution in [-0.2, 0) is 51.0 Å². The Balaban J connectivity index is 0.000000188. The fourth-order valence-electron chi connectivity index (χ4n) is 19.3. The molecule has 3 N–H and O–H groups in total. The van der Waals surface area contributed by atoms with E-state index in [-0.39, 0.29) is 87.6 Å². The van der Waals surface area contributed by atoms with Crippen LogP contribution < -0.4 is 18.9 Å². The molecule has 19 heteroatoms. The lowest BCUT2D eigenvalue weighted by atomic mass is 9.44. The fourth-order valence-corrected chi connectivity index (χ4v) is 19.3. The van der Waals surface area contributed by atoms with Crippen LogP contribution in [0.25, 0.3) is 12.2 Å². The third kappa shape index (κ3) is 11.7. The number of benzene rings is 2. The van der Waals surface area contributed by atoms with Crippen LogP contribution >= 0.6 is 0 Å². The van der Waals surface area contributed by atoms with Crippen molar-refractivity contribution in [1.29, 1.82) is 0 Å². The summed E-state index contributed by atoms with van der Waals surface area (Å²) in [5, 5.41) is 33.7. The van der Waals surface area contributed by atoms with Crippen molar-refractivity contribution in [3.8, 4) is 34.5 Å². The van der Waals surface area contributed by atoms with Gasteiger partial charge in [0.2, 0.25) is 5.91 Å². The van der Waals surface area contributed by atoms with E-state index in [0.717, 1.165) is 24.0 Å². The van der Waals surface area contributed by atoms with Crippen LogP contribution in [0.4, 0.5) is 0 Å². The third-order valence-electron chi connectivity index (χ3n) is 24.3. The van der Waals surface area contributed by atoms with Crippen molar-refractivity contribution in [2.75, 3.05) is 52.6 Å². The van der Waals surface area contributed by atoms with Crippen molar-refractivity contribution in [2.24, 2.45) is 29.6 Å². The van der Waals surface area contributed by atoms with Gasteiger partial charge >= 0.3 is 5.97 Å². The minimum absolute atomic E-state index is 0.0544. The SMILES string of the molecule is CC(C)=CCCC1(C)C=Cc2c(O)c3c(c(CC=C(C)C)c2O1)OC12C(=CC4CC1C(C)(C)OC2(C/C=C(/C)C(=O)O)C4=O)C3=O.CC(C)=CCCC1(C)C=Cc2c(O)c3c(c(CC=C(C)C)c2O1)OC12C(C3=O)C(N3CCOCC3)C3CC1C(C)(C)OC2(C/C=C(/C)C(=O)N1CCOCC1)C3=O. The van der Waals surface area contributed by atoms with Gasteiger partial charge in [-0.1, -0.05) is 64.8 Å². The van der Waals surface area contributed by atoms with Crippen LogP contribution in [0.3, 0.4) is 0 Å². The van der Waals surface area contributed by atoms with E-state index in [9.17, 15) is 34.5 Å². The first-order valence-corrected chi connectivity index (χ1v) is 37.1. The summed E-state index contributed by atoms with van der Waals surface area (Å²) in [7, 11) is 0. The molecule has 12 unspecified atom stereocenters. The maximum atomic E-state index is 15.8. The van der Waals surface area contributed by atoms with Crippen LogP contribution in [0, 0.1) is 29.6 Å². The zero-order valence-corrected chi connectivity index (χ0v) is 63.0. The Labute approximate surface area is 605 Å². The summed E-state index contributed by atoms with van der Waals surface area (Å²) in [6, 6.07) is -0.481. The molecule has 4 saturated carbocycles. The van der Waals surface area contributed by atoms with E-state index >= 15 is 9.59 Å². The topological polar surface area (TPSA) is 243 Å². The van der Waals surface area contributed by atoms with Crippen molar-refractivity contribution in [3.05, 3.63) is 127 Å². The van der Waals surface area contributed by atoms with Gasteiger partial charge in [0, 0.05) is 96.6 Å². The number of nitrogens with zero attached hydrogens (tertiary/aromatic N) is 2. The van der Waals surface area contributed by atoms with E-state index in [1.165, 1.54) is 24.1 Å². The molecule has 8 aliphatic heterocycles. The molecule has 19 nitrogen and oxygen atoms in total. The van der Waals surface area contributed by atoms with E-state index in [2.05, 4.69) is 50.8 Å². The number of aliphatic carboxylic acids is 1. The van der Waals surface area contributed by atoms with Gasteiger partial charge in [-0.05, 0) is 186 Å². The standard InChI is InChI=1S/C46H60N2O9.C38H44O8/c1-27(2)10-9-15-44(8)16-14-30-37(49)34-38(50)35-36(47-18-22-53-23-19-47)32-26-33-43(6,7)57-45(41(32)51,17-13-29(5)42(52)48-20-24-54-25-21-48)46(33,35)56-40(34)31(39(30)55-44)12-11-28(3)4;1-20(2)10-9-15-36(8)16-14-24-29(39)28-30(40)26-18-23-19-27-35(6,7)46-37(33(23)41,17-13-22(5)34(42)43)38(26,27)45-32(28)25(31(24)44-36)12-11-21(3)4/h10-11,13-14,16,32-33,35-36,49H,9,12,15,17-26H2,1-8H3;10-11,13-14,16,18,23,27,39H,9,12,15,17,19H2,1-8H3,(H,42,43)/b29-13-;22-13-. The predicted molar refractivity (Wildman–Crippen MR) is 390 cm³/mol. The number of ether oxygens (including phenoxy) is 8. The molecule has 8 fully saturated rings. The lowest BCUT2D eigenvalue weighted by Crippen LogP contribution is -2.82. The average Bonchev–Trinajstić information content (AvgIpc) is 1.53. The first-order valence-electron chi connectivity index (χ1n) is 37.1. The molecule has 16 rings (SSSR count). The first kappa shape index (κ1) is 73.6. The molecule has 552 valence electrons. The molecular weight excluding hydrogens is 1310 g/mol. The number of hydrogen-bond donors (Lipinski definition) is 3. The number of aromatic hydroxyl groups is 2. The fraction of sp³-hybridized carbons (Fsp3) is 0.571. The largest absolute Gasteiger partial charge is 0.506 e. The second kappa shape index (κ2) is 26.4. The van der Waals surface area contributed by atoms with Crippen LogP contribution in [0.15, 0.2) is 93.7 Å². The van der Waals surface area contributed by atoms with Gasteiger partial charge in [0.15, 0.2) is 45.5 Å². The van der Waals surface area contributed by atoms with Gasteiger partial charge in [-0.25, -0.2) is 4.79 Å². The maximum absolute atomic E-state index is 15.8. The smallest absolute Gasteiger partial charge is 0.330 e. The van der Waals surface area contributed by atoms with Crippen LogP contribution in [0.2, 0.25) is 0 Å². The molecule has 103 heavy (non-hydrogen) atoms. The van der Waals surface area contributed by atoms with Crippen molar-refractivity contribution in [3.63, 3.8) is 0 Å². The van der Waals surface area contributed by atoms with Gasteiger partial charge in [0.05, 0.1) is 54.7 Å². The monoisotopic (exact) mass is 1410 g/mol. The second-order valence-electron chi connectivity index (χ2n) is 33.3. The zero-order chi connectivity index (χ0) is 74.2. The highest BCUT2D eigenvalue weighted by atomic mass is 16.6. The number of carboxylic acid groups (broad SMARTS) is 1. The number of morpholine rings is 2. The predicted octanol–water partition coefficient (Wildman–Crippen LogP) is 13.6. The number of carbonyl (C=O) groups is 6. The number of rotatable bonds is 17. The lowest BCUT2D eigenvalue weighted by molar-refractivity contribution is -0.216. The van der Waals surface area contributed by atoms with Crippen molar-refractivity contribution < 1.29 is 82.0 Å². The molecule has 6 aliphatic carbocycles. The molecule has 1 amide bonds. The molecule has 12 atom stereocenters. The normalized spacial score (nSPS) is 32.7. The van der Waals surface area contributed by atoms with E-state index < -0.39 is 80.4 Å². The minimum atomic E-state index is -1.63. The summed E-state index contributed by atoms with van der Waals surface area (Å²) in [6.07, 6.45) is 25.8. The summed E-state index contributed by atoms with van der Waals surface area (Å²) in [5.74, 6) is -3.82. The Hall–Kier alpha value is -7.68. The minimum Gasteiger partial charge on any atom is -0.506 e. The summed E-state index contributed by atoms with van der Waals surface area (Å²) in [6.45, 7) is 35.5. The van der Waals surface area contributed by atoms with Gasteiger partial charge in [0.1, 0.15) is 56.8 Å². The average molecular weight is 1410 g/mol. The Kier molecular flexibility index (Phi) is 18.9. The summed E-state index contributed by atoms with van der Waals surface area (Å²) in [5.41, 5.74) is -1.41. The van der Waals surface area contributed by atoms with Crippen molar-refractivity contribution in [1.82, 2.24) is 9.80 Å². The zero-order valence-electron chi connectivity index (χ0n) is 63.0. The maximum Gasteiger partial charge on any atom is 0.330 e. The van der Waals surface area contributed by atoms with Gasteiger partial charge in [0.25, 0.3) is 0 Å². The first-order chi connectivity index (χ1) is 48.5. The number of carboxylic acids is 1. The molecule has 0 radical (unpaired) electrons. The van der Waals surface area contributed by atoms with Gasteiger partial charge in [-0.2, -0.15) is 0 Å². The van der Waals surface area contributed by atoms with Gasteiger partial charge in [-0.3, -0.25) is 28.9 Å². The number of fused-ring (bicyclic) bond motifs is 4. The Morgan fingerprint density at radius 2 is 1.06 bits per heavy atom. The van der Waals surface area contributed by atoms with Crippen molar-refractivity contribution in [2.45, 2.75) is 226 Å². The Bertz CT molecular complexity index is 4240. The number of amides is 1. The molecule has 14 aliphatic rings. The molecule has 8 bridgehead atoms. The Morgan fingerprint density at radius 1 is 0.563 bits per heavy atom. The highest BCUT2D eigenvalue weighted by Gasteiger charge is 2.86. The van der Waals surface area contributed by atoms with E-state index in [4.69, 9.17) is 37.9 Å². The molecule has 8 heterocycles. The number of phenolic OH excluding ortho intramolecular Hbond substituents is 2. The lowest BCUT2D eigenvalue weighted by Gasteiger charge is -2.64. The highest BCUT2D eigenvalue weighted by molar-refractivity contribution is 6.19. The number of allylic oxidation sites excluding steroid dienone is 9. The van der Waals surface area contributed by atoms with Gasteiger partial charge < -0.3 is 58.1 Å². The molecule has 2 aromatic carbocycles. The van der Waals surface area contributed by atoms with E-state index in [1.54, 1.807) is 17.9 Å². The Morgan fingerprint density at radius 3 is 1.60 bits per heavy atom. The molecular formula is C84H104N2O17. The highest BCUT2D eigenvalue weighted by Crippen LogP contribution is 2.72. The van der Waals surface area contributed by atoms with Crippen LogP contribution in [-0.4, -0.2) is 164 Å².